The normalized spacial score (nSPS) is 14.6. The lowest BCUT2D eigenvalue weighted by Gasteiger charge is -1.93. The molecule has 0 radical (unpaired) electrons. The van der Waals surface area contributed by atoms with Gasteiger partial charge in [-0.25, -0.2) is 4.79 Å². The first kappa shape index (κ1) is 11.6. The van der Waals surface area contributed by atoms with Gasteiger partial charge in [0.1, 0.15) is 0 Å². The number of hydrogen-bond acceptors (Lipinski definition) is 2. The lowest BCUT2D eigenvalue weighted by molar-refractivity contribution is -0.131. The fourth-order valence-corrected chi connectivity index (χ4v) is 0.620. The highest BCUT2D eigenvalue weighted by molar-refractivity contribution is 5.80. The molecule has 0 saturated carbocycles. The van der Waals surface area contributed by atoms with E-state index in [0.717, 1.165) is 6.08 Å². The van der Waals surface area contributed by atoms with Gasteiger partial charge in [0.05, 0.1) is 6.10 Å². The lowest BCUT2D eigenvalue weighted by atomic mass is 10.2. The van der Waals surface area contributed by atoms with Crippen LogP contribution >= 0.6 is 0 Å². The summed E-state index contributed by atoms with van der Waals surface area (Å²) in [6.45, 7) is 1.71. The molecule has 1 atom stereocenters. The molecule has 0 spiro atoms. The molecule has 0 fully saturated rings. The predicted molar refractivity (Wildman–Crippen MR) is 51.4 cm³/mol. The predicted octanol–water partition coefficient (Wildman–Crippen LogP) is 1.51. The van der Waals surface area contributed by atoms with Crippen LogP contribution in [0, 0.1) is 0 Å². The fraction of sp³-hybridized carbons (Fsp3) is 0.300. The van der Waals surface area contributed by atoms with Crippen molar-refractivity contribution in [2.24, 2.45) is 0 Å². The molecule has 0 aromatic rings. The standard InChI is InChI=1S/C10H14O3/c1-9(11)7-5-3-2-4-6-8-10(12)13/h2-6,8-9,11H,7H2,1H3,(H,12,13)/b4-2+,5-3+,8-6+. The summed E-state index contributed by atoms with van der Waals surface area (Å²) in [7, 11) is 0. The fourth-order valence-electron chi connectivity index (χ4n) is 0.620. The zero-order chi connectivity index (χ0) is 10.1. The van der Waals surface area contributed by atoms with Crippen LogP contribution in [0.3, 0.4) is 0 Å². The van der Waals surface area contributed by atoms with Crippen molar-refractivity contribution < 1.29 is 15.0 Å². The minimum atomic E-state index is -0.961. The molecule has 0 bridgehead atoms. The second-order valence-electron chi connectivity index (χ2n) is 2.60. The quantitative estimate of drug-likeness (QED) is 0.500. The van der Waals surface area contributed by atoms with Gasteiger partial charge in [-0.05, 0) is 13.3 Å². The minimum Gasteiger partial charge on any atom is -0.478 e. The second kappa shape index (κ2) is 7.31. The Bertz CT molecular complexity index is 224. The van der Waals surface area contributed by atoms with E-state index >= 15 is 0 Å². The molecule has 0 heterocycles. The molecule has 72 valence electrons. The molecule has 0 aliphatic carbocycles. The average Bonchev–Trinajstić information content (AvgIpc) is 2.01. The van der Waals surface area contributed by atoms with Crippen molar-refractivity contribution in [3.63, 3.8) is 0 Å². The molecule has 0 aromatic carbocycles. The third kappa shape index (κ3) is 10.7. The van der Waals surface area contributed by atoms with Gasteiger partial charge in [-0.2, -0.15) is 0 Å². The zero-order valence-corrected chi connectivity index (χ0v) is 7.55. The van der Waals surface area contributed by atoms with Gasteiger partial charge in [0.25, 0.3) is 0 Å². The number of carboxylic acids is 1. The summed E-state index contributed by atoms with van der Waals surface area (Å²) < 4.78 is 0. The van der Waals surface area contributed by atoms with Crippen LogP contribution in [0.15, 0.2) is 36.5 Å². The summed E-state index contributed by atoms with van der Waals surface area (Å²) in [5.74, 6) is -0.961. The lowest BCUT2D eigenvalue weighted by Crippen LogP contribution is -1.94. The first-order chi connectivity index (χ1) is 6.13. The number of rotatable bonds is 5. The van der Waals surface area contributed by atoms with Crippen LogP contribution < -0.4 is 0 Å². The van der Waals surface area contributed by atoms with Gasteiger partial charge in [-0.1, -0.05) is 30.4 Å². The molecule has 2 N–H and O–H groups in total. The molecular formula is C10H14O3. The topological polar surface area (TPSA) is 57.5 Å². The highest BCUT2D eigenvalue weighted by Crippen LogP contribution is 1.91. The summed E-state index contributed by atoms with van der Waals surface area (Å²) in [6, 6.07) is 0. The molecule has 0 aliphatic rings. The Hall–Kier alpha value is -1.35. The van der Waals surface area contributed by atoms with Crippen LogP contribution in [-0.4, -0.2) is 22.3 Å². The van der Waals surface area contributed by atoms with Gasteiger partial charge in [0.15, 0.2) is 0 Å². The van der Waals surface area contributed by atoms with Crippen molar-refractivity contribution in [2.75, 3.05) is 0 Å². The molecule has 1 unspecified atom stereocenters. The van der Waals surface area contributed by atoms with E-state index in [1.54, 1.807) is 25.2 Å². The summed E-state index contributed by atoms with van der Waals surface area (Å²) in [6.07, 6.45) is 9.67. The number of aliphatic carboxylic acids is 1. The molecule has 3 heteroatoms. The van der Waals surface area contributed by atoms with E-state index in [0.29, 0.717) is 6.42 Å². The van der Waals surface area contributed by atoms with Crippen molar-refractivity contribution in [3.8, 4) is 0 Å². The summed E-state index contributed by atoms with van der Waals surface area (Å²) in [5, 5.41) is 17.1. The molecular weight excluding hydrogens is 168 g/mol. The van der Waals surface area contributed by atoms with Crippen molar-refractivity contribution in [3.05, 3.63) is 36.5 Å². The Labute approximate surface area is 77.7 Å². The molecule has 0 amide bonds. The van der Waals surface area contributed by atoms with Gasteiger partial charge in [-0.3, -0.25) is 0 Å². The molecule has 3 nitrogen and oxygen atoms in total. The van der Waals surface area contributed by atoms with Crippen LogP contribution in [0.1, 0.15) is 13.3 Å². The maximum atomic E-state index is 10.0. The first-order valence-electron chi connectivity index (χ1n) is 4.04. The highest BCUT2D eigenvalue weighted by atomic mass is 16.4. The minimum absolute atomic E-state index is 0.334. The van der Waals surface area contributed by atoms with E-state index in [-0.39, 0.29) is 6.10 Å². The van der Waals surface area contributed by atoms with Gasteiger partial charge < -0.3 is 10.2 Å². The average molecular weight is 182 g/mol. The van der Waals surface area contributed by atoms with Gasteiger partial charge in [-0.15, -0.1) is 0 Å². The van der Waals surface area contributed by atoms with Crippen molar-refractivity contribution in [1.82, 2.24) is 0 Å². The molecule has 13 heavy (non-hydrogen) atoms. The zero-order valence-electron chi connectivity index (χ0n) is 7.55. The van der Waals surface area contributed by atoms with E-state index in [9.17, 15) is 4.79 Å². The SMILES string of the molecule is CC(O)C/C=C/C=C/C=C/C(=O)O. The Kier molecular flexibility index (Phi) is 6.55. The third-order valence-corrected chi connectivity index (χ3v) is 1.19. The van der Waals surface area contributed by atoms with Crippen LogP contribution in [-0.2, 0) is 4.79 Å². The molecule has 0 aliphatic heterocycles. The third-order valence-electron chi connectivity index (χ3n) is 1.19. The van der Waals surface area contributed by atoms with Crippen LogP contribution in [0.4, 0.5) is 0 Å². The number of aliphatic hydroxyl groups is 1. The monoisotopic (exact) mass is 182 g/mol. The van der Waals surface area contributed by atoms with Crippen LogP contribution in [0.5, 0.6) is 0 Å². The van der Waals surface area contributed by atoms with Crippen LogP contribution in [0.2, 0.25) is 0 Å². The van der Waals surface area contributed by atoms with Crippen LogP contribution in [0.25, 0.3) is 0 Å². The summed E-state index contributed by atoms with van der Waals surface area (Å²) in [5.41, 5.74) is 0. The van der Waals surface area contributed by atoms with Crippen molar-refractivity contribution in [2.45, 2.75) is 19.4 Å². The number of aliphatic hydroxyl groups excluding tert-OH is 1. The smallest absolute Gasteiger partial charge is 0.328 e. The van der Waals surface area contributed by atoms with Crippen molar-refractivity contribution in [1.29, 1.82) is 0 Å². The Balaban J connectivity index is 3.63. The van der Waals surface area contributed by atoms with E-state index in [1.807, 2.05) is 6.08 Å². The maximum Gasteiger partial charge on any atom is 0.328 e. The Morgan fingerprint density at radius 2 is 1.92 bits per heavy atom. The van der Waals surface area contributed by atoms with Crippen molar-refractivity contribution >= 4 is 5.97 Å². The summed E-state index contributed by atoms with van der Waals surface area (Å²) >= 11 is 0. The summed E-state index contributed by atoms with van der Waals surface area (Å²) in [4.78, 5) is 10.0. The number of carbonyl (C=O) groups is 1. The first-order valence-corrected chi connectivity index (χ1v) is 4.04. The van der Waals surface area contributed by atoms with E-state index in [4.69, 9.17) is 10.2 Å². The number of hydrogen-bond donors (Lipinski definition) is 2. The Morgan fingerprint density at radius 3 is 2.46 bits per heavy atom. The second-order valence-corrected chi connectivity index (χ2v) is 2.60. The van der Waals surface area contributed by atoms with Gasteiger partial charge >= 0.3 is 5.97 Å². The van der Waals surface area contributed by atoms with E-state index < -0.39 is 5.97 Å². The number of carboxylic acid groups (broad SMARTS) is 1. The van der Waals surface area contributed by atoms with Gasteiger partial charge in [0, 0.05) is 6.08 Å². The Morgan fingerprint density at radius 1 is 1.31 bits per heavy atom. The molecule has 0 rings (SSSR count). The highest BCUT2D eigenvalue weighted by Gasteiger charge is 1.86. The van der Waals surface area contributed by atoms with Gasteiger partial charge in [0.2, 0.25) is 0 Å². The molecule has 0 aromatic heterocycles. The largest absolute Gasteiger partial charge is 0.478 e. The van der Waals surface area contributed by atoms with E-state index in [2.05, 4.69) is 0 Å². The maximum absolute atomic E-state index is 10.0. The number of allylic oxidation sites excluding steroid dienone is 4. The molecule has 0 saturated heterocycles. The van der Waals surface area contributed by atoms with E-state index in [1.165, 1.54) is 6.08 Å².